The summed E-state index contributed by atoms with van der Waals surface area (Å²) >= 11 is 0. The van der Waals surface area contributed by atoms with Gasteiger partial charge < -0.3 is 25.6 Å². The van der Waals surface area contributed by atoms with Crippen LogP contribution in [0.15, 0.2) is 54.6 Å². The Kier molecular flexibility index (Phi) is 6.81. The molecule has 2 heterocycles. The third-order valence-corrected chi connectivity index (χ3v) is 5.14. The molecule has 32 heavy (non-hydrogen) atoms. The molecular weight excluding hydrogens is 404 g/mol. The molecule has 1 aromatic heterocycles. The zero-order valence-corrected chi connectivity index (χ0v) is 18.4. The second kappa shape index (κ2) is 10.1. The highest BCUT2D eigenvalue weighted by Crippen LogP contribution is 2.21. The minimum absolute atomic E-state index is 0.277. The van der Waals surface area contributed by atoms with Gasteiger partial charge in [-0.1, -0.05) is 19.1 Å². The van der Waals surface area contributed by atoms with Gasteiger partial charge in [0.05, 0.1) is 13.2 Å². The predicted octanol–water partition coefficient (Wildman–Crippen LogP) is 4.57. The van der Waals surface area contributed by atoms with Crippen molar-refractivity contribution in [1.82, 2.24) is 9.97 Å². The van der Waals surface area contributed by atoms with Gasteiger partial charge in [0.25, 0.3) is 0 Å². The van der Waals surface area contributed by atoms with Crippen molar-refractivity contribution in [1.29, 1.82) is 0 Å². The summed E-state index contributed by atoms with van der Waals surface area (Å²) < 4.78 is 5.41. The van der Waals surface area contributed by atoms with Gasteiger partial charge in [-0.25, -0.2) is 9.78 Å². The van der Waals surface area contributed by atoms with Crippen LogP contribution in [0.5, 0.6) is 0 Å². The summed E-state index contributed by atoms with van der Waals surface area (Å²) in [4.78, 5) is 23.7. The van der Waals surface area contributed by atoms with Crippen molar-refractivity contribution in [2.45, 2.75) is 20.3 Å². The standard InChI is InChI=1S/C24H28N6O2/c1-3-18-5-4-6-21(16-18)28-24(31)27-20-9-7-19(8-10-20)26-22-15-17(2)25-23(29-22)30-11-13-32-14-12-30/h4-10,15-16H,3,11-14H2,1-2H3,(H,25,26,29)(H2,27,28,31). The monoisotopic (exact) mass is 432 g/mol. The molecule has 0 unspecified atom stereocenters. The number of nitrogens with one attached hydrogen (secondary N) is 3. The normalized spacial score (nSPS) is 13.5. The summed E-state index contributed by atoms with van der Waals surface area (Å²) in [6.45, 7) is 6.99. The first-order valence-corrected chi connectivity index (χ1v) is 10.8. The first kappa shape index (κ1) is 21.6. The number of hydrogen-bond acceptors (Lipinski definition) is 6. The van der Waals surface area contributed by atoms with Crippen molar-refractivity contribution in [3.05, 3.63) is 65.9 Å². The summed E-state index contributed by atoms with van der Waals surface area (Å²) in [5.74, 6) is 1.44. The van der Waals surface area contributed by atoms with E-state index in [9.17, 15) is 4.79 Å². The molecule has 0 aliphatic carbocycles. The first-order chi connectivity index (χ1) is 15.6. The topological polar surface area (TPSA) is 91.4 Å². The largest absolute Gasteiger partial charge is 0.378 e. The molecule has 2 aromatic carbocycles. The molecule has 0 saturated carbocycles. The molecule has 1 aliphatic rings. The van der Waals surface area contributed by atoms with Crippen LogP contribution in [0.1, 0.15) is 18.2 Å². The van der Waals surface area contributed by atoms with E-state index in [1.807, 2.05) is 61.5 Å². The highest BCUT2D eigenvalue weighted by atomic mass is 16.5. The van der Waals surface area contributed by atoms with Crippen LogP contribution in [0.3, 0.4) is 0 Å². The maximum absolute atomic E-state index is 12.3. The van der Waals surface area contributed by atoms with Gasteiger partial charge in [-0.3, -0.25) is 0 Å². The van der Waals surface area contributed by atoms with E-state index in [1.165, 1.54) is 5.56 Å². The fourth-order valence-electron chi connectivity index (χ4n) is 3.47. The quantitative estimate of drug-likeness (QED) is 0.528. The summed E-state index contributed by atoms with van der Waals surface area (Å²) in [7, 11) is 0. The smallest absolute Gasteiger partial charge is 0.323 e. The van der Waals surface area contributed by atoms with Crippen molar-refractivity contribution in [3.63, 3.8) is 0 Å². The molecule has 1 saturated heterocycles. The van der Waals surface area contributed by atoms with E-state index in [0.717, 1.165) is 42.4 Å². The van der Waals surface area contributed by atoms with Crippen LogP contribution in [0, 0.1) is 6.92 Å². The van der Waals surface area contributed by atoms with Crippen LogP contribution in [-0.2, 0) is 11.2 Å². The third-order valence-electron chi connectivity index (χ3n) is 5.14. The fraction of sp³-hybridized carbons (Fsp3) is 0.292. The van der Waals surface area contributed by atoms with Gasteiger partial charge in [0.1, 0.15) is 5.82 Å². The number of aryl methyl sites for hydroxylation is 2. The molecule has 3 aromatic rings. The lowest BCUT2D eigenvalue weighted by Crippen LogP contribution is -2.37. The number of amides is 2. The average molecular weight is 433 g/mol. The SMILES string of the molecule is CCc1cccc(NC(=O)Nc2ccc(Nc3cc(C)nc(N4CCOCC4)n3)cc2)c1. The number of rotatable bonds is 6. The highest BCUT2D eigenvalue weighted by molar-refractivity contribution is 5.99. The lowest BCUT2D eigenvalue weighted by Gasteiger charge is -2.27. The van der Waals surface area contributed by atoms with E-state index < -0.39 is 0 Å². The number of benzene rings is 2. The number of urea groups is 1. The molecule has 8 heteroatoms. The Hall–Kier alpha value is -3.65. The maximum Gasteiger partial charge on any atom is 0.323 e. The number of carbonyl (C=O) groups is 1. The van der Waals surface area contributed by atoms with E-state index >= 15 is 0 Å². The molecular formula is C24H28N6O2. The van der Waals surface area contributed by atoms with Crippen molar-refractivity contribution in [2.24, 2.45) is 0 Å². The predicted molar refractivity (Wildman–Crippen MR) is 128 cm³/mol. The number of aromatic nitrogens is 2. The van der Waals surface area contributed by atoms with Crippen LogP contribution in [0.2, 0.25) is 0 Å². The highest BCUT2D eigenvalue weighted by Gasteiger charge is 2.15. The molecule has 0 spiro atoms. The molecule has 1 aliphatic heterocycles. The summed E-state index contributed by atoms with van der Waals surface area (Å²) in [5.41, 5.74) is 4.42. The van der Waals surface area contributed by atoms with Crippen molar-refractivity contribution in [2.75, 3.05) is 47.2 Å². The maximum atomic E-state index is 12.3. The molecule has 1 fully saturated rings. The summed E-state index contributed by atoms with van der Waals surface area (Å²) in [5, 5.41) is 9.05. The molecule has 4 rings (SSSR count). The number of ether oxygens (including phenoxy) is 1. The van der Waals surface area contributed by atoms with Crippen molar-refractivity contribution < 1.29 is 9.53 Å². The lowest BCUT2D eigenvalue weighted by atomic mass is 10.1. The van der Waals surface area contributed by atoms with Gasteiger partial charge in [0.2, 0.25) is 5.95 Å². The van der Waals surface area contributed by atoms with Crippen LogP contribution >= 0.6 is 0 Å². The second-order valence-corrected chi connectivity index (χ2v) is 7.63. The number of anilines is 5. The van der Waals surface area contributed by atoms with Gasteiger partial charge in [-0.15, -0.1) is 0 Å². The Morgan fingerprint density at radius 3 is 2.44 bits per heavy atom. The van der Waals surface area contributed by atoms with E-state index in [2.05, 4.69) is 37.7 Å². The van der Waals surface area contributed by atoms with Crippen molar-refractivity contribution in [3.8, 4) is 0 Å². The van der Waals surface area contributed by atoms with Crippen molar-refractivity contribution >= 4 is 34.9 Å². The Morgan fingerprint density at radius 2 is 1.69 bits per heavy atom. The third kappa shape index (κ3) is 5.73. The molecule has 8 nitrogen and oxygen atoms in total. The fourth-order valence-corrected chi connectivity index (χ4v) is 3.47. The van der Waals surface area contributed by atoms with Gasteiger partial charge in [-0.2, -0.15) is 4.98 Å². The first-order valence-electron chi connectivity index (χ1n) is 10.8. The molecule has 2 amide bonds. The Labute approximate surface area is 188 Å². The van der Waals surface area contributed by atoms with Gasteiger partial charge in [-0.05, 0) is 55.3 Å². The van der Waals surface area contributed by atoms with E-state index in [-0.39, 0.29) is 6.03 Å². The summed E-state index contributed by atoms with van der Waals surface area (Å²) in [6, 6.07) is 17.0. The molecule has 3 N–H and O–H groups in total. The van der Waals surface area contributed by atoms with Crippen LogP contribution < -0.4 is 20.9 Å². The lowest BCUT2D eigenvalue weighted by molar-refractivity contribution is 0.122. The summed E-state index contributed by atoms with van der Waals surface area (Å²) in [6.07, 6.45) is 0.922. The second-order valence-electron chi connectivity index (χ2n) is 7.63. The molecule has 166 valence electrons. The minimum Gasteiger partial charge on any atom is -0.378 e. The van der Waals surface area contributed by atoms with Gasteiger partial charge in [0, 0.05) is 41.9 Å². The van der Waals surface area contributed by atoms with Crippen LogP contribution in [-0.4, -0.2) is 42.3 Å². The minimum atomic E-state index is -0.277. The van der Waals surface area contributed by atoms with E-state index in [4.69, 9.17) is 4.74 Å². The van der Waals surface area contributed by atoms with Gasteiger partial charge >= 0.3 is 6.03 Å². The number of carbonyl (C=O) groups excluding carboxylic acids is 1. The number of nitrogens with zero attached hydrogens (tertiary/aromatic N) is 3. The number of hydrogen-bond donors (Lipinski definition) is 3. The number of morpholine rings is 1. The van der Waals surface area contributed by atoms with E-state index in [0.29, 0.717) is 24.8 Å². The Morgan fingerprint density at radius 1 is 0.969 bits per heavy atom. The molecule has 0 bridgehead atoms. The molecule has 0 atom stereocenters. The molecule has 0 radical (unpaired) electrons. The van der Waals surface area contributed by atoms with Gasteiger partial charge in [0.15, 0.2) is 0 Å². The van der Waals surface area contributed by atoms with E-state index in [1.54, 1.807) is 0 Å². The Bertz CT molecular complexity index is 1060. The average Bonchev–Trinajstić information content (AvgIpc) is 2.80. The zero-order chi connectivity index (χ0) is 22.3. The van der Waals surface area contributed by atoms with Crippen LogP contribution in [0.25, 0.3) is 0 Å². The zero-order valence-electron chi connectivity index (χ0n) is 18.4. The Balaban J connectivity index is 1.37. The van der Waals surface area contributed by atoms with Crippen LogP contribution in [0.4, 0.5) is 33.6 Å².